The van der Waals surface area contributed by atoms with Gasteiger partial charge in [-0.15, -0.1) is 0 Å². The predicted octanol–water partition coefficient (Wildman–Crippen LogP) is 3.96. The number of aryl methyl sites for hydroxylation is 1. The summed E-state index contributed by atoms with van der Waals surface area (Å²) in [5, 5.41) is 4.64. The molecule has 0 fully saturated rings. The average molecular weight is 247 g/mol. The molecule has 0 aliphatic rings. The molecule has 2 nitrogen and oxygen atoms in total. The van der Waals surface area contributed by atoms with Crippen LogP contribution in [-0.4, -0.2) is 4.98 Å². The molecule has 2 aromatic carbocycles. The lowest BCUT2D eigenvalue weighted by molar-refractivity contribution is 1.13. The van der Waals surface area contributed by atoms with Crippen LogP contribution in [0, 0.1) is 13.0 Å². The molecule has 0 amide bonds. The highest BCUT2D eigenvalue weighted by Gasteiger charge is 2.03. The molecule has 1 N–H and O–H groups in total. The second kappa shape index (κ2) is 5.11. The van der Waals surface area contributed by atoms with E-state index >= 15 is 0 Å². The number of aromatic nitrogens is 1. The van der Waals surface area contributed by atoms with Crippen LogP contribution in [0.25, 0.3) is 10.9 Å². The Hall–Kier alpha value is -2.35. The third-order valence-electron chi connectivity index (χ3n) is 3.13. The van der Waals surface area contributed by atoms with Crippen molar-refractivity contribution in [2.45, 2.75) is 13.5 Å². The van der Waals surface area contributed by atoms with E-state index in [0.717, 1.165) is 23.4 Å². The molecular formula is C17H15N2. The smallest absolute Gasteiger partial charge is 0.0708 e. The Morgan fingerprint density at radius 2 is 1.89 bits per heavy atom. The lowest BCUT2D eigenvalue weighted by atomic mass is 10.1. The number of para-hydroxylation sites is 1. The van der Waals surface area contributed by atoms with E-state index in [-0.39, 0.29) is 0 Å². The molecule has 1 aromatic heterocycles. The van der Waals surface area contributed by atoms with E-state index in [4.69, 9.17) is 0 Å². The highest BCUT2D eigenvalue weighted by molar-refractivity contribution is 5.82. The van der Waals surface area contributed by atoms with Gasteiger partial charge in [-0.1, -0.05) is 30.3 Å². The van der Waals surface area contributed by atoms with E-state index in [2.05, 4.69) is 40.6 Å². The summed E-state index contributed by atoms with van der Waals surface area (Å²) in [4.78, 5) is 4.56. The molecule has 0 spiro atoms. The van der Waals surface area contributed by atoms with Crippen molar-refractivity contribution in [1.29, 1.82) is 0 Å². The van der Waals surface area contributed by atoms with Crippen LogP contribution in [0.3, 0.4) is 0 Å². The third-order valence-corrected chi connectivity index (χ3v) is 3.13. The quantitative estimate of drug-likeness (QED) is 0.758. The summed E-state index contributed by atoms with van der Waals surface area (Å²) in [6.45, 7) is 2.83. The number of benzene rings is 2. The zero-order valence-electron chi connectivity index (χ0n) is 10.9. The van der Waals surface area contributed by atoms with E-state index in [1.807, 2.05) is 37.3 Å². The van der Waals surface area contributed by atoms with Gasteiger partial charge in [0.05, 0.1) is 5.52 Å². The van der Waals surface area contributed by atoms with Gasteiger partial charge in [-0.05, 0) is 42.8 Å². The minimum absolute atomic E-state index is 0.799. The summed E-state index contributed by atoms with van der Waals surface area (Å²) in [5.74, 6) is 0. The SMILES string of the molecule is Cc1cc(CNc2cc[c]cc2)c2ccccc2n1. The second-order valence-corrected chi connectivity index (χ2v) is 4.58. The molecule has 0 atom stereocenters. The summed E-state index contributed by atoms with van der Waals surface area (Å²) in [7, 11) is 0. The van der Waals surface area contributed by atoms with E-state index in [9.17, 15) is 0 Å². The van der Waals surface area contributed by atoms with Crippen LogP contribution in [0.2, 0.25) is 0 Å². The Morgan fingerprint density at radius 3 is 2.74 bits per heavy atom. The van der Waals surface area contributed by atoms with Crippen molar-refractivity contribution in [3.8, 4) is 0 Å². The van der Waals surface area contributed by atoms with Crippen molar-refractivity contribution in [1.82, 2.24) is 4.98 Å². The van der Waals surface area contributed by atoms with E-state index in [1.165, 1.54) is 10.9 Å². The maximum atomic E-state index is 4.56. The third kappa shape index (κ3) is 2.58. The first-order valence-electron chi connectivity index (χ1n) is 6.38. The van der Waals surface area contributed by atoms with Gasteiger partial charge >= 0.3 is 0 Å². The van der Waals surface area contributed by atoms with Crippen molar-refractivity contribution in [2.75, 3.05) is 5.32 Å². The van der Waals surface area contributed by atoms with E-state index < -0.39 is 0 Å². The van der Waals surface area contributed by atoms with Crippen molar-refractivity contribution < 1.29 is 0 Å². The van der Waals surface area contributed by atoms with Gasteiger partial charge in [0, 0.05) is 23.3 Å². The fourth-order valence-corrected chi connectivity index (χ4v) is 2.24. The summed E-state index contributed by atoms with van der Waals surface area (Å²) in [5.41, 5.74) is 4.49. The molecule has 93 valence electrons. The van der Waals surface area contributed by atoms with E-state index in [0.29, 0.717) is 0 Å². The minimum atomic E-state index is 0.799. The number of anilines is 1. The average Bonchev–Trinajstić information content (AvgIpc) is 2.45. The van der Waals surface area contributed by atoms with Gasteiger partial charge in [0.2, 0.25) is 0 Å². The zero-order valence-corrected chi connectivity index (χ0v) is 10.9. The van der Waals surface area contributed by atoms with Gasteiger partial charge < -0.3 is 5.32 Å². The van der Waals surface area contributed by atoms with E-state index in [1.54, 1.807) is 0 Å². The molecule has 0 bridgehead atoms. The summed E-state index contributed by atoms with van der Waals surface area (Å²) >= 11 is 0. The number of pyridine rings is 1. The maximum absolute atomic E-state index is 4.56. The van der Waals surface area contributed by atoms with Crippen LogP contribution in [-0.2, 0) is 6.54 Å². The van der Waals surface area contributed by atoms with Crippen LogP contribution in [0.4, 0.5) is 5.69 Å². The number of nitrogens with one attached hydrogen (secondary N) is 1. The number of nitrogens with zero attached hydrogens (tertiary/aromatic N) is 1. The Balaban J connectivity index is 1.92. The molecule has 1 radical (unpaired) electrons. The second-order valence-electron chi connectivity index (χ2n) is 4.58. The molecule has 0 saturated carbocycles. The fourth-order valence-electron chi connectivity index (χ4n) is 2.24. The summed E-state index contributed by atoms with van der Waals surface area (Å²) < 4.78 is 0. The number of rotatable bonds is 3. The van der Waals surface area contributed by atoms with Crippen LogP contribution < -0.4 is 5.32 Å². The van der Waals surface area contributed by atoms with Gasteiger partial charge in [-0.3, -0.25) is 4.98 Å². The normalized spacial score (nSPS) is 10.6. The van der Waals surface area contributed by atoms with Gasteiger partial charge in [0.15, 0.2) is 0 Å². The molecule has 0 saturated heterocycles. The molecule has 0 unspecified atom stereocenters. The first-order valence-corrected chi connectivity index (χ1v) is 6.38. The Bertz CT molecular complexity index is 690. The molecule has 1 heterocycles. The number of hydrogen-bond acceptors (Lipinski definition) is 2. The van der Waals surface area contributed by atoms with Crippen molar-refractivity contribution in [2.24, 2.45) is 0 Å². The molecule has 3 rings (SSSR count). The van der Waals surface area contributed by atoms with Gasteiger partial charge in [-0.25, -0.2) is 0 Å². The van der Waals surface area contributed by atoms with Gasteiger partial charge in [0.1, 0.15) is 0 Å². The van der Waals surface area contributed by atoms with Crippen LogP contribution in [0.1, 0.15) is 11.3 Å². The zero-order chi connectivity index (χ0) is 13.1. The first-order chi connectivity index (χ1) is 9.33. The maximum Gasteiger partial charge on any atom is 0.0708 e. The van der Waals surface area contributed by atoms with Crippen LogP contribution in [0.15, 0.2) is 54.6 Å². The molecule has 0 aliphatic carbocycles. The highest BCUT2D eigenvalue weighted by Crippen LogP contribution is 2.19. The molecule has 3 aromatic rings. The lowest BCUT2D eigenvalue weighted by Gasteiger charge is -2.10. The summed E-state index contributed by atoms with van der Waals surface area (Å²) in [6, 6.07) is 21.3. The van der Waals surface area contributed by atoms with Crippen LogP contribution >= 0.6 is 0 Å². The minimum Gasteiger partial charge on any atom is -0.381 e. The van der Waals surface area contributed by atoms with Gasteiger partial charge in [-0.2, -0.15) is 0 Å². The fraction of sp³-hybridized carbons (Fsp3) is 0.118. The number of fused-ring (bicyclic) bond motifs is 1. The molecule has 19 heavy (non-hydrogen) atoms. The van der Waals surface area contributed by atoms with Crippen molar-refractivity contribution in [3.05, 3.63) is 71.9 Å². The lowest BCUT2D eigenvalue weighted by Crippen LogP contribution is -2.01. The Kier molecular flexibility index (Phi) is 3.15. The molecule has 0 aliphatic heterocycles. The molecule has 2 heteroatoms. The largest absolute Gasteiger partial charge is 0.381 e. The van der Waals surface area contributed by atoms with Crippen molar-refractivity contribution >= 4 is 16.6 Å². The predicted molar refractivity (Wildman–Crippen MR) is 79.1 cm³/mol. The number of hydrogen-bond donors (Lipinski definition) is 1. The first kappa shape index (κ1) is 11.7. The Labute approximate surface area is 113 Å². The standard InChI is InChI=1S/C17H15N2/c1-13-11-14(12-18-15-7-3-2-4-8-15)16-9-5-6-10-17(16)19-13/h3-11,18H,12H2,1H3. The Morgan fingerprint density at radius 1 is 1.11 bits per heavy atom. The highest BCUT2D eigenvalue weighted by atomic mass is 14.9. The summed E-state index contributed by atoms with van der Waals surface area (Å²) in [6.07, 6.45) is 0. The van der Waals surface area contributed by atoms with Gasteiger partial charge in [0.25, 0.3) is 0 Å². The van der Waals surface area contributed by atoms with Crippen LogP contribution in [0.5, 0.6) is 0 Å². The van der Waals surface area contributed by atoms with Crippen molar-refractivity contribution in [3.63, 3.8) is 0 Å². The molecular weight excluding hydrogens is 232 g/mol. The monoisotopic (exact) mass is 247 g/mol. The topological polar surface area (TPSA) is 24.9 Å².